The molecule has 1 N–H and O–H groups in total. The number of carbonyl (C=O) groups excluding carboxylic acids is 3. The Kier molecular flexibility index (Phi) is 5.51. The Morgan fingerprint density at radius 1 is 0.917 bits per heavy atom. The van der Waals surface area contributed by atoms with Gasteiger partial charge in [-0.1, -0.05) is 18.2 Å². The van der Waals surface area contributed by atoms with Crippen molar-refractivity contribution in [2.75, 3.05) is 12.0 Å². The van der Waals surface area contributed by atoms with Crippen molar-refractivity contribution < 1.29 is 23.9 Å². The summed E-state index contributed by atoms with van der Waals surface area (Å²) in [4.78, 5) is 44.9. The number of para-hydroxylation sites is 1. The number of aromatic nitrogens is 2. The van der Waals surface area contributed by atoms with E-state index in [1.807, 2.05) is 6.07 Å². The molecule has 0 atom stereocenters. The number of hydrogen-bond donors (Lipinski definition) is 1. The summed E-state index contributed by atoms with van der Waals surface area (Å²) < 4.78 is 12.4. The van der Waals surface area contributed by atoms with E-state index in [1.54, 1.807) is 87.8 Å². The van der Waals surface area contributed by atoms with Gasteiger partial charge in [0.05, 0.1) is 35.2 Å². The van der Waals surface area contributed by atoms with Gasteiger partial charge < -0.3 is 14.5 Å². The van der Waals surface area contributed by atoms with E-state index in [-0.39, 0.29) is 11.1 Å². The molecule has 2 aromatic carbocycles. The maximum atomic E-state index is 13.9. The van der Waals surface area contributed by atoms with Crippen LogP contribution in [-0.4, -0.2) is 40.2 Å². The minimum absolute atomic E-state index is 0.187. The number of imide groups is 1. The molecule has 0 aliphatic carbocycles. The lowest BCUT2D eigenvalue weighted by Crippen LogP contribution is -2.31. The highest BCUT2D eigenvalue weighted by Gasteiger charge is 2.42. The third-order valence-electron chi connectivity index (χ3n) is 5.84. The maximum absolute atomic E-state index is 13.9. The summed E-state index contributed by atoms with van der Waals surface area (Å²) in [5, 5.41) is 0.579. The molecule has 4 aromatic rings. The van der Waals surface area contributed by atoms with Gasteiger partial charge in [-0.15, -0.1) is 0 Å². The van der Waals surface area contributed by atoms with Crippen molar-refractivity contribution in [3.8, 4) is 5.75 Å². The van der Waals surface area contributed by atoms with E-state index in [0.717, 1.165) is 4.90 Å². The van der Waals surface area contributed by atoms with Crippen LogP contribution < -0.4 is 9.64 Å². The lowest BCUT2D eigenvalue weighted by atomic mass is 9.99. The van der Waals surface area contributed by atoms with E-state index in [9.17, 15) is 14.4 Å². The summed E-state index contributed by atoms with van der Waals surface area (Å²) in [5.74, 6) is -0.393. The minimum Gasteiger partial charge on any atom is -0.497 e. The average Bonchev–Trinajstić information content (AvgIpc) is 3.55. The highest BCUT2D eigenvalue weighted by atomic mass is 16.6. The Hall–Kier alpha value is -4.59. The molecule has 0 saturated heterocycles. The Morgan fingerprint density at radius 3 is 2.28 bits per heavy atom. The second kappa shape index (κ2) is 8.57. The Balaban J connectivity index is 1.77. The molecule has 1 aliphatic heterocycles. The first kappa shape index (κ1) is 23.2. The maximum Gasteiger partial charge on any atom is 0.419 e. The normalized spacial score (nSPS) is 14.2. The first-order valence-corrected chi connectivity index (χ1v) is 11.4. The summed E-state index contributed by atoms with van der Waals surface area (Å²) >= 11 is 0. The summed E-state index contributed by atoms with van der Waals surface area (Å²) in [7, 11) is 1.54. The molecule has 5 rings (SSSR count). The monoisotopic (exact) mass is 483 g/mol. The number of benzene rings is 2. The molecule has 2 aromatic heterocycles. The number of hydrogen-bond acceptors (Lipinski definition) is 5. The smallest absolute Gasteiger partial charge is 0.419 e. The molecule has 0 radical (unpaired) electrons. The van der Waals surface area contributed by atoms with Gasteiger partial charge >= 0.3 is 6.09 Å². The number of rotatable bonds is 4. The lowest BCUT2D eigenvalue weighted by Gasteiger charge is -2.19. The van der Waals surface area contributed by atoms with Crippen molar-refractivity contribution in [2.24, 2.45) is 0 Å². The number of amides is 2. The van der Waals surface area contributed by atoms with Gasteiger partial charge in [0.1, 0.15) is 11.4 Å². The van der Waals surface area contributed by atoms with Crippen molar-refractivity contribution in [3.63, 3.8) is 0 Å². The Morgan fingerprint density at radius 2 is 1.64 bits per heavy atom. The minimum atomic E-state index is -0.724. The Bertz CT molecular complexity index is 1520. The van der Waals surface area contributed by atoms with Crippen LogP contribution in [0, 0.1) is 0 Å². The van der Waals surface area contributed by atoms with Crippen LogP contribution in [0.3, 0.4) is 0 Å². The molecule has 0 bridgehead atoms. The zero-order chi connectivity index (χ0) is 25.6. The van der Waals surface area contributed by atoms with Crippen LogP contribution in [0.1, 0.15) is 32.0 Å². The fraction of sp³-hybridized carbons (Fsp3) is 0.179. The van der Waals surface area contributed by atoms with Gasteiger partial charge in [-0.2, -0.15) is 0 Å². The van der Waals surface area contributed by atoms with Crippen molar-refractivity contribution in [1.29, 1.82) is 0 Å². The number of H-pyrrole nitrogens is 1. The molecule has 0 saturated carbocycles. The van der Waals surface area contributed by atoms with Crippen molar-refractivity contribution >= 4 is 45.6 Å². The number of aromatic amines is 1. The van der Waals surface area contributed by atoms with Crippen LogP contribution in [0.4, 0.5) is 10.5 Å². The topological polar surface area (TPSA) is 93.6 Å². The predicted octanol–water partition coefficient (Wildman–Crippen LogP) is 5.25. The van der Waals surface area contributed by atoms with Gasteiger partial charge in [0.25, 0.3) is 11.8 Å². The SMILES string of the molecule is COc1ccc2c(c1)c(C1=C(c3ccc[nH]3)C(=O)N(c3ccccc3)C1=O)cn2C(=O)OC(C)(C)C. The highest BCUT2D eigenvalue weighted by Crippen LogP contribution is 2.41. The molecular weight excluding hydrogens is 458 g/mol. The predicted molar refractivity (Wildman–Crippen MR) is 137 cm³/mol. The number of methoxy groups -OCH3 is 1. The summed E-state index contributed by atoms with van der Waals surface area (Å²) in [5.41, 5.74) is 1.60. The molecule has 0 spiro atoms. The standard InChI is InChI=1S/C28H25N3O5/c1-28(2,3)36-27(34)30-16-20(19-15-18(35-4)12-13-22(19)30)23-24(21-11-8-14-29-21)26(33)31(25(23)32)17-9-6-5-7-10-17/h5-16,29H,1-4H3. The number of nitrogens with zero attached hydrogens (tertiary/aromatic N) is 2. The molecule has 182 valence electrons. The van der Waals surface area contributed by atoms with Crippen LogP contribution in [0.2, 0.25) is 0 Å². The molecule has 8 nitrogen and oxygen atoms in total. The van der Waals surface area contributed by atoms with Gasteiger partial charge in [-0.25, -0.2) is 9.69 Å². The fourth-order valence-electron chi connectivity index (χ4n) is 4.32. The van der Waals surface area contributed by atoms with E-state index >= 15 is 0 Å². The van der Waals surface area contributed by atoms with Crippen LogP contribution in [0.5, 0.6) is 5.75 Å². The van der Waals surface area contributed by atoms with Crippen LogP contribution >= 0.6 is 0 Å². The van der Waals surface area contributed by atoms with Crippen molar-refractivity contribution in [1.82, 2.24) is 9.55 Å². The molecule has 2 amide bonds. The van der Waals surface area contributed by atoms with Gasteiger partial charge in [0, 0.05) is 23.3 Å². The second-order valence-electron chi connectivity index (χ2n) is 9.39. The van der Waals surface area contributed by atoms with Gasteiger partial charge in [-0.05, 0) is 63.2 Å². The van der Waals surface area contributed by atoms with E-state index < -0.39 is 23.5 Å². The van der Waals surface area contributed by atoms with Gasteiger partial charge in [-0.3, -0.25) is 14.2 Å². The van der Waals surface area contributed by atoms with Gasteiger partial charge in [0.15, 0.2) is 0 Å². The van der Waals surface area contributed by atoms with E-state index in [4.69, 9.17) is 9.47 Å². The third-order valence-corrected chi connectivity index (χ3v) is 5.84. The second-order valence-corrected chi connectivity index (χ2v) is 9.39. The molecule has 36 heavy (non-hydrogen) atoms. The first-order chi connectivity index (χ1) is 17.2. The number of ether oxygens (including phenoxy) is 2. The Labute approximate surface area is 207 Å². The van der Waals surface area contributed by atoms with Gasteiger partial charge in [0.2, 0.25) is 0 Å². The van der Waals surface area contributed by atoms with Crippen LogP contribution in [-0.2, 0) is 14.3 Å². The summed E-state index contributed by atoms with van der Waals surface area (Å²) in [6, 6.07) is 17.5. The molecule has 8 heteroatoms. The zero-order valence-electron chi connectivity index (χ0n) is 20.4. The zero-order valence-corrected chi connectivity index (χ0v) is 20.4. The molecule has 0 unspecified atom stereocenters. The van der Waals surface area contributed by atoms with Crippen molar-refractivity contribution in [2.45, 2.75) is 26.4 Å². The lowest BCUT2D eigenvalue weighted by molar-refractivity contribution is -0.119. The molecular formula is C28H25N3O5. The van der Waals surface area contributed by atoms with E-state index in [0.29, 0.717) is 33.6 Å². The van der Waals surface area contributed by atoms with Crippen LogP contribution in [0.25, 0.3) is 22.0 Å². The number of carbonyl (C=O) groups is 3. The van der Waals surface area contributed by atoms with Crippen molar-refractivity contribution in [3.05, 3.63) is 84.3 Å². The van der Waals surface area contributed by atoms with E-state index in [2.05, 4.69) is 4.98 Å². The first-order valence-electron chi connectivity index (χ1n) is 11.4. The quantitative estimate of drug-likeness (QED) is 0.401. The molecule has 3 heterocycles. The molecule has 1 aliphatic rings. The highest BCUT2D eigenvalue weighted by molar-refractivity contribution is 6.57. The summed E-state index contributed by atoms with van der Waals surface area (Å²) in [6.45, 7) is 5.34. The fourth-order valence-corrected chi connectivity index (χ4v) is 4.32. The number of nitrogens with one attached hydrogen (secondary N) is 1. The third kappa shape index (κ3) is 3.86. The van der Waals surface area contributed by atoms with E-state index in [1.165, 1.54) is 11.7 Å². The average molecular weight is 484 g/mol. The number of anilines is 1. The van der Waals surface area contributed by atoms with Crippen LogP contribution in [0.15, 0.2) is 73.1 Å². The molecule has 0 fully saturated rings. The largest absolute Gasteiger partial charge is 0.497 e. The summed E-state index contributed by atoms with van der Waals surface area (Å²) in [6.07, 6.45) is 2.65. The number of fused-ring (bicyclic) bond motifs is 1.